The van der Waals surface area contributed by atoms with E-state index in [9.17, 15) is 18.5 Å². The minimum absolute atomic E-state index is 0.120. The second-order valence-corrected chi connectivity index (χ2v) is 7.03. The highest BCUT2D eigenvalue weighted by Crippen LogP contribution is 2.24. The zero-order valence-corrected chi connectivity index (χ0v) is 13.1. The maximum absolute atomic E-state index is 12.4. The monoisotopic (exact) mass is 329 g/mol. The molecule has 0 aromatic heterocycles. The number of sulfonamides is 1. The van der Waals surface area contributed by atoms with Crippen molar-refractivity contribution in [2.45, 2.75) is 23.3 Å². The quantitative estimate of drug-likeness (QED) is 0.561. The van der Waals surface area contributed by atoms with Gasteiger partial charge in [0.2, 0.25) is 10.0 Å². The van der Waals surface area contributed by atoms with Gasteiger partial charge in [0.1, 0.15) is 0 Å². The first-order valence-electron chi connectivity index (χ1n) is 6.87. The van der Waals surface area contributed by atoms with E-state index in [1.54, 1.807) is 7.11 Å². The van der Waals surface area contributed by atoms with E-state index in [0.717, 1.165) is 19.4 Å². The highest BCUT2D eigenvalue weighted by molar-refractivity contribution is 7.89. The number of hydrogen-bond acceptors (Lipinski definition) is 6. The molecule has 1 heterocycles. The summed E-state index contributed by atoms with van der Waals surface area (Å²) in [6.45, 7) is 1.28. The lowest BCUT2D eigenvalue weighted by Gasteiger charge is -2.28. The number of methoxy groups -OCH3 is 1. The van der Waals surface area contributed by atoms with Crippen LogP contribution in [0.5, 0.6) is 0 Å². The lowest BCUT2D eigenvalue weighted by atomic mass is 9.99. The van der Waals surface area contributed by atoms with Crippen molar-refractivity contribution in [1.82, 2.24) is 10.0 Å². The van der Waals surface area contributed by atoms with Gasteiger partial charge in [-0.25, -0.2) is 13.1 Å². The van der Waals surface area contributed by atoms with Crippen molar-refractivity contribution in [3.05, 3.63) is 34.4 Å². The standard InChI is InChI=1S/C13H19N3O5S/c1-21-10-13(7-4-8-14-13)9-15-22(19,20)12-6-3-2-5-11(12)16(17)18/h2-3,5-6,14-15H,4,7-10H2,1H3. The van der Waals surface area contributed by atoms with Crippen molar-refractivity contribution in [2.24, 2.45) is 0 Å². The molecular formula is C13H19N3O5S. The minimum atomic E-state index is -3.97. The first-order valence-corrected chi connectivity index (χ1v) is 8.36. The van der Waals surface area contributed by atoms with Gasteiger partial charge in [-0.05, 0) is 25.5 Å². The smallest absolute Gasteiger partial charge is 0.289 e. The van der Waals surface area contributed by atoms with Crippen molar-refractivity contribution < 1.29 is 18.1 Å². The minimum Gasteiger partial charge on any atom is -0.383 e. The Morgan fingerprint density at radius 3 is 2.77 bits per heavy atom. The fourth-order valence-corrected chi connectivity index (χ4v) is 3.91. The molecule has 0 saturated carbocycles. The van der Waals surface area contributed by atoms with E-state index < -0.39 is 26.2 Å². The lowest BCUT2D eigenvalue weighted by Crippen LogP contribution is -2.52. The molecule has 0 amide bonds. The predicted octanol–water partition coefficient (Wildman–Crippen LogP) is 0.642. The molecule has 9 heteroatoms. The van der Waals surface area contributed by atoms with Crippen LogP contribution in [0.25, 0.3) is 0 Å². The molecule has 1 aromatic carbocycles. The van der Waals surface area contributed by atoms with Gasteiger partial charge < -0.3 is 10.1 Å². The molecule has 1 saturated heterocycles. The van der Waals surface area contributed by atoms with E-state index in [0.29, 0.717) is 6.61 Å². The number of para-hydroxylation sites is 1. The van der Waals surface area contributed by atoms with E-state index in [1.165, 1.54) is 24.3 Å². The molecule has 0 bridgehead atoms. The summed E-state index contributed by atoms with van der Waals surface area (Å²) in [6.07, 6.45) is 1.71. The van der Waals surface area contributed by atoms with Crippen molar-refractivity contribution in [2.75, 3.05) is 26.8 Å². The summed E-state index contributed by atoms with van der Waals surface area (Å²) >= 11 is 0. The van der Waals surface area contributed by atoms with E-state index in [-0.39, 0.29) is 11.4 Å². The van der Waals surface area contributed by atoms with Gasteiger partial charge in [0.15, 0.2) is 4.90 Å². The lowest BCUT2D eigenvalue weighted by molar-refractivity contribution is -0.387. The van der Waals surface area contributed by atoms with Crippen LogP contribution < -0.4 is 10.0 Å². The molecule has 8 nitrogen and oxygen atoms in total. The molecule has 1 aliphatic heterocycles. The Morgan fingerprint density at radius 1 is 1.45 bits per heavy atom. The normalized spacial score (nSPS) is 21.9. The van der Waals surface area contributed by atoms with Crippen LogP contribution in [0.3, 0.4) is 0 Å². The fourth-order valence-electron chi connectivity index (χ4n) is 2.62. The molecule has 2 N–H and O–H groups in total. The molecule has 1 fully saturated rings. The number of ether oxygens (including phenoxy) is 1. The van der Waals surface area contributed by atoms with Gasteiger partial charge in [0.25, 0.3) is 5.69 Å². The van der Waals surface area contributed by atoms with Crippen LogP contribution in [-0.4, -0.2) is 45.7 Å². The van der Waals surface area contributed by atoms with E-state index in [4.69, 9.17) is 4.74 Å². The molecule has 22 heavy (non-hydrogen) atoms. The number of nitro benzene ring substituents is 1. The summed E-state index contributed by atoms with van der Waals surface area (Å²) in [5, 5.41) is 14.2. The summed E-state index contributed by atoms with van der Waals surface area (Å²) in [6, 6.07) is 5.29. The van der Waals surface area contributed by atoms with Crippen LogP contribution >= 0.6 is 0 Å². The highest BCUT2D eigenvalue weighted by Gasteiger charge is 2.35. The second-order valence-electron chi connectivity index (χ2n) is 5.29. The molecule has 1 atom stereocenters. The number of hydrogen-bond donors (Lipinski definition) is 2. The molecule has 0 aliphatic carbocycles. The van der Waals surface area contributed by atoms with Gasteiger partial charge in [-0.3, -0.25) is 10.1 Å². The Bertz CT molecular complexity index is 641. The maximum Gasteiger partial charge on any atom is 0.289 e. The summed E-state index contributed by atoms with van der Waals surface area (Å²) in [5.74, 6) is 0. The largest absolute Gasteiger partial charge is 0.383 e. The van der Waals surface area contributed by atoms with Crippen LogP contribution in [0, 0.1) is 10.1 Å². The summed E-state index contributed by atoms with van der Waals surface area (Å²) < 4.78 is 32.4. The predicted molar refractivity (Wildman–Crippen MR) is 80.1 cm³/mol. The number of nitrogens with zero attached hydrogens (tertiary/aromatic N) is 1. The summed E-state index contributed by atoms with van der Waals surface area (Å²) in [5.41, 5.74) is -0.902. The van der Waals surface area contributed by atoms with Crippen LogP contribution in [0.1, 0.15) is 12.8 Å². The first-order chi connectivity index (χ1) is 10.4. The first kappa shape index (κ1) is 16.8. The zero-order valence-electron chi connectivity index (χ0n) is 12.2. The van der Waals surface area contributed by atoms with E-state index in [1.807, 2.05) is 0 Å². The number of nitrogens with one attached hydrogen (secondary N) is 2. The molecular weight excluding hydrogens is 310 g/mol. The van der Waals surface area contributed by atoms with Gasteiger partial charge in [-0.1, -0.05) is 12.1 Å². The fraction of sp³-hybridized carbons (Fsp3) is 0.538. The number of nitro groups is 1. The van der Waals surface area contributed by atoms with Gasteiger partial charge in [0.05, 0.1) is 17.1 Å². The van der Waals surface area contributed by atoms with Crippen LogP contribution in [0.15, 0.2) is 29.2 Å². The Hall–Kier alpha value is -1.55. The molecule has 2 rings (SSSR count). The summed E-state index contributed by atoms with van der Waals surface area (Å²) in [4.78, 5) is 9.95. The van der Waals surface area contributed by atoms with E-state index >= 15 is 0 Å². The molecule has 1 aliphatic rings. The Morgan fingerprint density at radius 2 is 2.18 bits per heavy atom. The van der Waals surface area contributed by atoms with Crippen molar-refractivity contribution in [3.63, 3.8) is 0 Å². The highest BCUT2D eigenvalue weighted by atomic mass is 32.2. The third kappa shape index (κ3) is 3.61. The van der Waals surface area contributed by atoms with E-state index in [2.05, 4.69) is 10.0 Å². The van der Waals surface area contributed by atoms with Crippen LogP contribution in [0.4, 0.5) is 5.69 Å². The second kappa shape index (κ2) is 6.69. The number of rotatable bonds is 7. The molecule has 122 valence electrons. The average Bonchev–Trinajstić information content (AvgIpc) is 2.95. The average molecular weight is 329 g/mol. The third-order valence-corrected chi connectivity index (χ3v) is 5.15. The van der Waals surface area contributed by atoms with Crippen molar-refractivity contribution >= 4 is 15.7 Å². The number of benzene rings is 1. The SMILES string of the molecule is COCC1(CNS(=O)(=O)c2ccccc2[N+](=O)[O-])CCCN1. The van der Waals surface area contributed by atoms with Crippen LogP contribution in [-0.2, 0) is 14.8 Å². The summed E-state index contributed by atoms with van der Waals surface area (Å²) in [7, 11) is -2.41. The third-order valence-electron chi connectivity index (χ3n) is 3.70. The molecule has 0 spiro atoms. The zero-order chi connectivity index (χ0) is 16.2. The molecule has 1 aromatic rings. The van der Waals surface area contributed by atoms with Gasteiger partial charge >= 0.3 is 0 Å². The van der Waals surface area contributed by atoms with Gasteiger partial charge in [-0.15, -0.1) is 0 Å². The Labute approximate surface area is 129 Å². The molecule has 1 unspecified atom stereocenters. The van der Waals surface area contributed by atoms with Gasteiger partial charge in [-0.2, -0.15) is 0 Å². The molecule has 0 radical (unpaired) electrons. The Kier molecular flexibility index (Phi) is 5.12. The Balaban J connectivity index is 2.20. The maximum atomic E-state index is 12.4. The van der Waals surface area contributed by atoms with Crippen molar-refractivity contribution in [3.8, 4) is 0 Å². The van der Waals surface area contributed by atoms with Crippen LogP contribution in [0.2, 0.25) is 0 Å². The van der Waals surface area contributed by atoms with Gasteiger partial charge in [0, 0.05) is 19.7 Å². The topological polar surface area (TPSA) is 111 Å². The van der Waals surface area contributed by atoms with Crippen molar-refractivity contribution in [1.29, 1.82) is 0 Å².